The molecule has 1 aromatic carbocycles. The van der Waals surface area contributed by atoms with E-state index < -0.39 is 12.1 Å². The Morgan fingerprint density at radius 3 is 2.94 bits per heavy atom. The molecule has 176 valence electrons. The van der Waals surface area contributed by atoms with Crippen LogP contribution in [-0.4, -0.2) is 82.8 Å². The monoisotopic (exact) mass is 481 g/mol. The highest BCUT2D eigenvalue weighted by atomic mass is 32.2. The van der Waals surface area contributed by atoms with Gasteiger partial charge in [-0.1, -0.05) is 13.0 Å². The molecule has 0 spiro atoms. The van der Waals surface area contributed by atoms with Gasteiger partial charge in [0.2, 0.25) is 11.9 Å². The first kappa shape index (κ1) is 21.9. The highest BCUT2D eigenvalue weighted by molar-refractivity contribution is 7.99. The Morgan fingerprint density at radius 1 is 1.35 bits per heavy atom. The standard InChI is InChI=1S/C21H23N9O3S/c1-3-34-15-6-4-5-13-16(15)25-20(24-14-11-29(21(32)33)8-7-22-19(14)31)30-18(13)26-17(27-30)12-9-23-28(2)10-12/h4-6,9-10,14H,3,7-8,11H2,1-2H3,(H,22,31)(H,24,25)(H,32,33)/t14-/m1/s1. The number of nitrogens with one attached hydrogen (secondary N) is 2. The molecule has 4 aromatic rings. The molecule has 2 amide bonds. The zero-order chi connectivity index (χ0) is 23.8. The first-order valence-electron chi connectivity index (χ1n) is 10.8. The van der Waals surface area contributed by atoms with Gasteiger partial charge < -0.3 is 20.6 Å². The Balaban J connectivity index is 1.67. The first-order valence-corrected chi connectivity index (χ1v) is 11.8. The Kier molecular flexibility index (Phi) is 5.69. The van der Waals surface area contributed by atoms with Gasteiger partial charge in [0.15, 0.2) is 11.5 Å². The van der Waals surface area contributed by atoms with E-state index in [1.54, 1.807) is 27.2 Å². The molecule has 1 aliphatic heterocycles. The Morgan fingerprint density at radius 2 is 2.21 bits per heavy atom. The number of carboxylic acid groups (broad SMARTS) is 1. The van der Waals surface area contributed by atoms with E-state index >= 15 is 0 Å². The van der Waals surface area contributed by atoms with E-state index in [9.17, 15) is 14.7 Å². The van der Waals surface area contributed by atoms with E-state index in [1.807, 2.05) is 31.4 Å². The number of benzene rings is 1. The van der Waals surface area contributed by atoms with Gasteiger partial charge in [0.05, 0.1) is 23.8 Å². The van der Waals surface area contributed by atoms with Crippen LogP contribution in [-0.2, 0) is 11.8 Å². The summed E-state index contributed by atoms with van der Waals surface area (Å²) in [6, 6.07) is 5.04. The van der Waals surface area contributed by atoms with Crippen LogP contribution in [0.1, 0.15) is 6.92 Å². The number of carbonyl (C=O) groups excluding carboxylic acids is 1. The third-order valence-corrected chi connectivity index (χ3v) is 6.43. The number of para-hydroxylation sites is 1. The van der Waals surface area contributed by atoms with Crippen molar-refractivity contribution in [1.29, 1.82) is 0 Å². The predicted molar refractivity (Wildman–Crippen MR) is 127 cm³/mol. The molecule has 1 fully saturated rings. The largest absolute Gasteiger partial charge is 0.465 e. The summed E-state index contributed by atoms with van der Waals surface area (Å²) in [6.45, 7) is 2.51. The van der Waals surface area contributed by atoms with Gasteiger partial charge in [-0.2, -0.15) is 9.61 Å². The average molecular weight is 482 g/mol. The molecule has 1 saturated heterocycles. The van der Waals surface area contributed by atoms with Crippen LogP contribution in [0.25, 0.3) is 27.9 Å². The Labute approximate surface area is 198 Å². The molecule has 1 atom stereocenters. The summed E-state index contributed by atoms with van der Waals surface area (Å²) in [6.07, 6.45) is 2.42. The van der Waals surface area contributed by atoms with Crippen molar-refractivity contribution in [3.63, 3.8) is 0 Å². The number of nitrogens with zero attached hydrogens (tertiary/aromatic N) is 7. The number of aromatic nitrogens is 6. The highest BCUT2D eigenvalue weighted by Gasteiger charge is 2.29. The molecule has 0 unspecified atom stereocenters. The number of amides is 2. The molecule has 0 bridgehead atoms. The molecule has 4 heterocycles. The molecule has 3 N–H and O–H groups in total. The molecule has 0 saturated carbocycles. The second-order valence-electron chi connectivity index (χ2n) is 7.81. The first-order chi connectivity index (χ1) is 16.4. The van der Waals surface area contributed by atoms with Crippen molar-refractivity contribution in [2.24, 2.45) is 7.05 Å². The molecule has 5 rings (SSSR count). The summed E-state index contributed by atoms with van der Waals surface area (Å²) in [4.78, 5) is 36.1. The fraction of sp³-hybridized carbons (Fsp3) is 0.333. The number of aryl methyl sites for hydroxylation is 1. The summed E-state index contributed by atoms with van der Waals surface area (Å²) in [7, 11) is 1.82. The predicted octanol–water partition coefficient (Wildman–Crippen LogP) is 1.68. The smallest absolute Gasteiger partial charge is 0.407 e. The van der Waals surface area contributed by atoms with E-state index in [4.69, 9.17) is 9.97 Å². The van der Waals surface area contributed by atoms with Crippen molar-refractivity contribution in [3.8, 4) is 11.4 Å². The lowest BCUT2D eigenvalue weighted by atomic mass is 10.2. The normalized spacial score (nSPS) is 16.6. The van der Waals surface area contributed by atoms with E-state index in [0.717, 1.165) is 27.1 Å². The molecule has 0 radical (unpaired) electrons. The molecule has 34 heavy (non-hydrogen) atoms. The number of thioether (sulfide) groups is 1. The Bertz CT molecular complexity index is 1400. The van der Waals surface area contributed by atoms with E-state index in [0.29, 0.717) is 17.4 Å². The average Bonchev–Trinajstić information content (AvgIpc) is 3.40. The quantitative estimate of drug-likeness (QED) is 0.363. The lowest BCUT2D eigenvalue weighted by molar-refractivity contribution is -0.121. The van der Waals surface area contributed by atoms with Gasteiger partial charge in [0.1, 0.15) is 6.04 Å². The van der Waals surface area contributed by atoms with Gasteiger partial charge in [-0.25, -0.2) is 14.8 Å². The van der Waals surface area contributed by atoms with Crippen molar-refractivity contribution < 1.29 is 14.7 Å². The zero-order valence-corrected chi connectivity index (χ0v) is 19.4. The summed E-state index contributed by atoms with van der Waals surface area (Å²) in [5, 5.41) is 25.0. The molecule has 13 heteroatoms. The number of hydrogen-bond acceptors (Lipinski definition) is 8. The fourth-order valence-electron chi connectivity index (χ4n) is 3.90. The lowest BCUT2D eigenvalue weighted by Crippen LogP contribution is -2.44. The van der Waals surface area contributed by atoms with Gasteiger partial charge in [0.25, 0.3) is 0 Å². The highest BCUT2D eigenvalue weighted by Crippen LogP contribution is 2.31. The van der Waals surface area contributed by atoms with Crippen molar-refractivity contribution >= 4 is 46.3 Å². The summed E-state index contributed by atoms with van der Waals surface area (Å²) < 4.78 is 3.23. The number of carbonyl (C=O) groups is 2. The van der Waals surface area contributed by atoms with Crippen LogP contribution in [0.15, 0.2) is 35.5 Å². The van der Waals surface area contributed by atoms with Gasteiger partial charge in [-0.05, 0) is 17.9 Å². The molecule has 1 aliphatic rings. The van der Waals surface area contributed by atoms with Gasteiger partial charge in [-0.15, -0.1) is 16.9 Å². The van der Waals surface area contributed by atoms with Crippen LogP contribution in [0.3, 0.4) is 0 Å². The Hall–Kier alpha value is -3.87. The van der Waals surface area contributed by atoms with Crippen LogP contribution in [0.5, 0.6) is 0 Å². The summed E-state index contributed by atoms with van der Waals surface area (Å²) >= 11 is 1.66. The summed E-state index contributed by atoms with van der Waals surface area (Å²) in [5.74, 6) is 1.34. The lowest BCUT2D eigenvalue weighted by Gasteiger charge is -2.21. The van der Waals surface area contributed by atoms with Crippen molar-refractivity contribution in [1.82, 2.24) is 39.6 Å². The van der Waals surface area contributed by atoms with Crippen LogP contribution in [0, 0.1) is 0 Å². The number of fused-ring (bicyclic) bond motifs is 3. The van der Waals surface area contributed by atoms with Crippen molar-refractivity contribution in [3.05, 3.63) is 30.6 Å². The van der Waals surface area contributed by atoms with Crippen molar-refractivity contribution in [2.75, 3.05) is 30.7 Å². The van der Waals surface area contributed by atoms with Gasteiger partial charge in [0, 0.05) is 36.6 Å². The van der Waals surface area contributed by atoms with Crippen LogP contribution >= 0.6 is 11.8 Å². The molecular weight excluding hydrogens is 458 g/mol. The number of rotatable bonds is 5. The maximum Gasteiger partial charge on any atom is 0.407 e. The third kappa shape index (κ3) is 3.98. The molecule has 0 aliphatic carbocycles. The van der Waals surface area contributed by atoms with E-state index in [2.05, 4.69) is 27.8 Å². The van der Waals surface area contributed by atoms with Crippen molar-refractivity contribution in [2.45, 2.75) is 17.9 Å². The SMILES string of the molecule is CCSc1cccc2c1nc(N[C@@H]1CN(C(=O)O)CCNC1=O)n1nc(-c3cnn(C)c3)nc21. The minimum absolute atomic E-state index is 0.0160. The van der Waals surface area contributed by atoms with Crippen LogP contribution in [0.4, 0.5) is 10.7 Å². The summed E-state index contributed by atoms with van der Waals surface area (Å²) in [5.41, 5.74) is 2.06. The number of anilines is 1. The fourth-order valence-corrected chi connectivity index (χ4v) is 4.68. The zero-order valence-electron chi connectivity index (χ0n) is 18.6. The van der Waals surface area contributed by atoms with E-state index in [1.165, 1.54) is 4.90 Å². The van der Waals surface area contributed by atoms with Gasteiger partial charge in [-0.3, -0.25) is 9.48 Å². The minimum atomic E-state index is -1.08. The van der Waals surface area contributed by atoms with Crippen LogP contribution < -0.4 is 10.6 Å². The second kappa shape index (κ2) is 8.82. The minimum Gasteiger partial charge on any atom is -0.465 e. The van der Waals surface area contributed by atoms with Gasteiger partial charge >= 0.3 is 6.09 Å². The molecular formula is C21H23N9O3S. The maximum atomic E-state index is 12.7. The second-order valence-corrected chi connectivity index (χ2v) is 9.12. The third-order valence-electron chi connectivity index (χ3n) is 5.50. The van der Waals surface area contributed by atoms with E-state index in [-0.39, 0.29) is 25.5 Å². The topological polar surface area (TPSA) is 143 Å². The number of hydrogen-bond donors (Lipinski definition) is 3. The van der Waals surface area contributed by atoms with Crippen LogP contribution in [0.2, 0.25) is 0 Å². The maximum absolute atomic E-state index is 12.7. The molecule has 3 aromatic heterocycles. The molecule has 12 nitrogen and oxygen atoms in total.